The molecule has 86 valence electrons. The van der Waals surface area contributed by atoms with Gasteiger partial charge in [-0.25, -0.2) is 0 Å². The summed E-state index contributed by atoms with van der Waals surface area (Å²) >= 11 is 1.68. The van der Waals surface area contributed by atoms with Gasteiger partial charge >= 0.3 is 0 Å². The lowest BCUT2D eigenvalue weighted by atomic mass is 10.1. The molecule has 0 saturated carbocycles. The van der Waals surface area contributed by atoms with Crippen molar-refractivity contribution in [1.82, 2.24) is 14.9 Å². The number of hydrogen-bond acceptors (Lipinski definition) is 4. The van der Waals surface area contributed by atoms with E-state index in [-0.39, 0.29) is 0 Å². The third-order valence-corrected chi connectivity index (χ3v) is 3.75. The molecule has 17 heavy (non-hydrogen) atoms. The molecule has 0 bridgehead atoms. The van der Waals surface area contributed by atoms with Crippen LogP contribution < -0.4 is 0 Å². The second-order valence-corrected chi connectivity index (χ2v) is 5.00. The highest BCUT2D eigenvalue weighted by Gasteiger charge is 2.18. The van der Waals surface area contributed by atoms with Crippen LogP contribution in [0.1, 0.15) is 12.5 Å². The van der Waals surface area contributed by atoms with Gasteiger partial charge in [-0.3, -0.25) is 0 Å². The van der Waals surface area contributed by atoms with Gasteiger partial charge < -0.3 is 0 Å². The molecular formula is C12H12N4S. The SMILES string of the molecule is CC1=Nn2c(nnc2-c2ccccc2C)SC1. The average molecular weight is 244 g/mol. The molecule has 0 fully saturated rings. The lowest BCUT2D eigenvalue weighted by Gasteiger charge is -2.11. The van der Waals surface area contributed by atoms with E-state index in [1.807, 2.05) is 23.7 Å². The predicted octanol–water partition coefficient (Wildman–Crippen LogP) is 2.58. The first kappa shape index (κ1) is 10.5. The van der Waals surface area contributed by atoms with E-state index in [0.717, 1.165) is 28.0 Å². The van der Waals surface area contributed by atoms with E-state index in [4.69, 9.17) is 0 Å². The van der Waals surface area contributed by atoms with Crippen LogP contribution in [0, 0.1) is 6.92 Å². The highest BCUT2D eigenvalue weighted by molar-refractivity contribution is 7.99. The number of hydrogen-bond donors (Lipinski definition) is 0. The fourth-order valence-electron chi connectivity index (χ4n) is 1.81. The van der Waals surface area contributed by atoms with Gasteiger partial charge in [-0.1, -0.05) is 36.0 Å². The molecule has 1 aliphatic rings. The van der Waals surface area contributed by atoms with Gasteiger partial charge in [-0.15, -0.1) is 10.2 Å². The summed E-state index contributed by atoms with van der Waals surface area (Å²) in [5.74, 6) is 1.72. The van der Waals surface area contributed by atoms with Crippen molar-refractivity contribution in [2.75, 3.05) is 5.75 Å². The highest BCUT2D eigenvalue weighted by Crippen LogP contribution is 2.28. The van der Waals surface area contributed by atoms with E-state index < -0.39 is 0 Å². The summed E-state index contributed by atoms with van der Waals surface area (Å²) in [5, 5.41) is 13.8. The molecule has 0 spiro atoms. The first-order chi connectivity index (χ1) is 8.25. The Morgan fingerprint density at radius 3 is 2.82 bits per heavy atom. The zero-order chi connectivity index (χ0) is 11.8. The second-order valence-electron chi connectivity index (χ2n) is 4.06. The first-order valence-electron chi connectivity index (χ1n) is 5.44. The minimum Gasteiger partial charge on any atom is -0.187 e. The molecule has 0 N–H and O–H groups in total. The maximum atomic E-state index is 4.51. The molecule has 2 aromatic rings. The van der Waals surface area contributed by atoms with Crippen molar-refractivity contribution in [3.8, 4) is 11.4 Å². The van der Waals surface area contributed by atoms with Gasteiger partial charge in [-0.05, 0) is 19.4 Å². The first-order valence-corrected chi connectivity index (χ1v) is 6.43. The highest BCUT2D eigenvalue weighted by atomic mass is 32.2. The molecule has 4 nitrogen and oxygen atoms in total. The van der Waals surface area contributed by atoms with Crippen LogP contribution in [0.5, 0.6) is 0 Å². The molecule has 0 radical (unpaired) electrons. The molecule has 1 aromatic carbocycles. The van der Waals surface area contributed by atoms with E-state index in [9.17, 15) is 0 Å². The molecule has 5 heteroatoms. The normalized spacial score (nSPS) is 14.4. The van der Waals surface area contributed by atoms with Crippen LogP contribution >= 0.6 is 11.8 Å². The van der Waals surface area contributed by atoms with Crippen LogP contribution in [0.3, 0.4) is 0 Å². The predicted molar refractivity (Wildman–Crippen MR) is 69.4 cm³/mol. The van der Waals surface area contributed by atoms with Crippen LogP contribution in [0.15, 0.2) is 34.5 Å². The van der Waals surface area contributed by atoms with Gasteiger partial charge in [0.1, 0.15) is 0 Å². The zero-order valence-electron chi connectivity index (χ0n) is 9.71. The van der Waals surface area contributed by atoms with E-state index in [2.05, 4.69) is 34.4 Å². The third-order valence-electron chi connectivity index (χ3n) is 2.68. The van der Waals surface area contributed by atoms with E-state index in [1.54, 1.807) is 11.8 Å². The zero-order valence-corrected chi connectivity index (χ0v) is 10.5. The summed E-state index contributed by atoms with van der Waals surface area (Å²) in [7, 11) is 0. The molecule has 1 aliphatic heterocycles. The van der Waals surface area contributed by atoms with E-state index >= 15 is 0 Å². The molecule has 0 saturated heterocycles. The van der Waals surface area contributed by atoms with Gasteiger partial charge in [0.25, 0.3) is 0 Å². The summed E-state index contributed by atoms with van der Waals surface area (Å²) in [5.41, 5.74) is 3.37. The molecule has 3 rings (SSSR count). The lowest BCUT2D eigenvalue weighted by molar-refractivity contribution is 0.761. The summed E-state index contributed by atoms with van der Waals surface area (Å²) in [6.45, 7) is 4.10. The quantitative estimate of drug-likeness (QED) is 0.774. The second kappa shape index (κ2) is 4.00. The monoisotopic (exact) mass is 244 g/mol. The Kier molecular flexibility index (Phi) is 2.48. The fraction of sp³-hybridized carbons (Fsp3) is 0.250. The number of thioether (sulfide) groups is 1. The average Bonchev–Trinajstić information content (AvgIpc) is 2.72. The summed E-state index contributed by atoms with van der Waals surface area (Å²) in [6.07, 6.45) is 0. The Labute approximate surface area is 104 Å². The topological polar surface area (TPSA) is 43.1 Å². The van der Waals surface area contributed by atoms with Gasteiger partial charge in [0.05, 0.1) is 0 Å². The van der Waals surface area contributed by atoms with Crippen LogP contribution in [0.25, 0.3) is 11.4 Å². The van der Waals surface area contributed by atoms with Crippen molar-refractivity contribution < 1.29 is 0 Å². The number of aromatic nitrogens is 3. The lowest BCUT2D eigenvalue weighted by Crippen LogP contribution is -2.09. The Balaban J connectivity index is 2.19. The van der Waals surface area contributed by atoms with E-state index in [1.165, 1.54) is 5.56 Å². The van der Waals surface area contributed by atoms with Crippen LogP contribution in [0.4, 0.5) is 0 Å². The van der Waals surface area contributed by atoms with Crippen molar-refractivity contribution in [2.24, 2.45) is 5.10 Å². The number of aryl methyl sites for hydroxylation is 1. The number of nitrogens with zero attached hydrogens (tertiary/aromatic N) is 4. The van der Waals surface area contributed by atoms with Gasteiger partial charge in [0.15, 0.2) is 5.82 Å². The molecule has 1 aromatic heterocycles. The maximum Gasteiger partial charge on any atom is 0.212 e. The van der Waals surface area contributed by atoms with Crippen LogP contribution in [-0.4, -0.2) is 26.3 Å². The molecule has 0 aliphatic carbocycles. The van der Waals surface area contributed by atoms with E-state index in [0.29, 0.717) is 0 Å². The Morgan fingerprint density at radius 1 is 1.18 bits per heavy atom. The van der Waals surface area contributed by atoms with Crippen molar-refractivity contribution in [1.29, 1.82) is 0 Å². The molecule has 2 heterocycles. The molecule has 0 atom stereocenters. The molecule has 0 amide bonds. The van der Waals surface area contributed by atoms with Crippen molar-refractivity contribution in [2.45, 2.75) is 19.0 Å². The molecule has 0 unspecified atom stereocenters. The van der Waals surface area contributed by atoms with Crippen molar-refractivity contribution in [3.05, 3.63) is 29.8 Å². The van der Waals surface area contributed by atoms with Gasteiger partial charge in [0, 0.05) is 17.0 Å². The summed E-state index contributed by atoms with van der Waals surface area (Å²) in [4.78, 5) is 0. The summed E-state index contributed by atoms with van der Waals surface area (Å²) in [6, 6.07) is 8.16. The number of rotatable bonds is 1. The Hall–Kier alpha value is -1.62. The van der Waals surface area contributed by atoms with Crippen LogP contribution in [0.2, 0.25) is 0 Å². The van der Waals surface area contributed by atoms with Crippen molar-refractivity contribution in [3.63, 3.8) is 0 Å². The smallest absolute Gasteiger partial charge is 0.187 e. The standard InChI is InChI=1S/C12H12N4S/c1-8-5-3-4-6-10(8)11-13-14-12-16(11)15-9(2)7-17-12/h3-6H,7H2,1-2H3. The van der Waals surface area contributed by atoms with Crippen LogP contribution in [-0.2, 0) is 0 Å². The minimum absolute atomic E-state index is 0.824. The largest absolute Gasteiger partial charge is 0.212 e. The van der Waals surface area contributed by atoms with Crippen molar-refractivity contribution >= 4 is 17.5 Å². The number of fused-ring (bicyclic) bond motifs is 1. The summed E-state index contributed by atoms with van der Waals surface area (Å²) < 4.78 is 1.84. The fourth-order valence-corrected chi connectivity index (χ4v) is 2.55. The maximum absolute atomic E-state index is 4.51. The number of benzene rings is 1. The minimum atomic E-state index is 0.824. The molecular weight excluding hydrogens is 232 g/mol. The van der Waals surface area contributed by atoms with Gasteiger partial charge in [0.2, 0.25) is 5.16 Å². The Bertz CT molecular complexity index is 600. The van der Waals surface area contributed by atoms with Gasteiger partial charge in [-0.2, -0.15) is 9.78 Å². The third kappa shape index (κ3) is 1.76. The Morgan fingerprint density at radius 2 is 2.00 bits per heavy atom.